The van der Waals surface area contributed by atoms with Gasteiger partial charge in [0.1, 0.15) is 17.9 Å². The second kappa shape index (κ2) is 12.1. The lowest BCUT2D eigenvalue weighted by molar-refractivity contribution is -0.142. The van der Waals surface area contributed by atoms with Crippen molar-refractivity contribution in [2.75, 3.05) is 19.5 Å². The minimum Gasteiger partial charge on any atom is -0.468 e. The molecule has 1 fully saturated rings. The summed E-state index contributed by atoms with van der Waals surface area (Å²) in [4.78, 5) is 47.1. The molecule has 0 saturated carbocycles. The molecule has 30 heavy (non-hydrogen) atoms. The SMILES string of the molecule is COC(=O)[C@H](C)N[P@@]1(=O)OCC(C)(C)[C@H](C(=O)CCCC(=O)CCCSC(C)=O)O1. The van der Waals surface area contributed by atoms with Crippen LogP contribution in [0.4, 0.5) is 0 Å². The van der Waals surface area contributed by atoms with E-state index in [2.05, 4.69) is 9.82 Å². The quantitative estimate of drug-likeness (QED) is 0.261. The zero-order valence-electron chi connectivity index (χ0n) is 18.2. The molecule has 1 N–H and O–H groups in total. The van der Waals surface area contributed by atoms with Gasteiger partial charge in [-0.25, -0.2) is 9.65 Å². The van der Waals surface area contributed by atoms with Crippen LogP contribution in [0.5, 0.6) is 0 Å². The van der Waals surface area contributed by atoms with Crippen LogP contribution in [0.1, 0.15) is 59.8 Å². The van der Waals surface area contributed by atoms with Crippen LogP contribution in [0.2, 0.25) is 0 Å². The first-order valence-corrected chi connectivity index (χ1v) is 12.4. The van der Waals surface area contributed by atoms with E-state index in [0.717, 1.165) is 0 Å². The highest BCUT2D eigenvalue weighted by Gasteiger charge is 2.48. The Morgan fingerprint density at radius 1 is 1.20 bits per heavy atom. The predicted molar refractivity (Wildman–Crippen MR) is 113 cm³/mol. The van der Waals surface area contributed by atoms with Crippen LogP contribution in [0.15, 0.2) is 0 Å². The Morgan fingerprint density at radius 3 is 2.43 bits per heavy atom. The van der Waals surface area contributed by atoms with Crippen LogP contribution in [0, 0.1) is 5.41 Å². The van der Waals surface area contributed by atoms with E-state index in [4.69, 9.17) is 9.05 Å². The van der Waals surface area contributed by atoms with Crippen LogP contribution < -0.4 is 5.09 Å². The van der Waals surface area contributed by atoms with Gasteiger partial charge in [-0.15, -0.1) is 0 Å². The second-order valence-corrected chi connectivity index (χ2v) is 10.9. The topological polar surface area (TPSA) is 125 Å². The number of esters is 1. The van der Waals surface area contributed by atoms with Gasteiger partial charge in [-0.05, 0) is 19.8 Å². The molecule has 0 aliphatic carbocycles. The summed E-state index contributed by atoms with van der Waals surface area (Å²) < 4.78 is 28.3. The fourth-order valence-corrected chi connectivity index (χ4v) is 5.40. The number of methoxy groups -OCH3 is 1. The minimum absolute atomic E-state index is 0.00826. The van der Waals surface area contributed by atoms with Gasteiger partial charge in [0.05, 0.1) is 13.7 Å². The number of hydrogen-bond acceptors (Lipinski definition) is 9. The summed E-state index contributed by atoms with van der Waals surface area (Å²) >= 11 is 1.19. The predicted octanol–water partition coefficient (Wildman–Crippen LogP) is 3.06. The normalized spacial score (nSPS) is 24.1. The third kappa shape index (κ3) is 8.98. The molecule has 0 unspecified atom stereocenters. The Bertz CT molecular complexity index is 696. The number of nitrogens with one attached hydrogen (secondary N) is 1. The Kier molecular flexibility index (Phi) is 10.9. The lowest BCUT2D eigenvalue weighted by atomic mass is 9.84. The molecule has 0 spiro atoms. The number of hydrogen-bond donors (Lipinski definition) is 1. The van der Waals surface area contributed by atoms with Crippen molar-refractivity contribution < 1.29 is 37.5 Å². The number of carbonyl (C=O) groups is 4. The Hall–Kier alpha value is -1.06. The molecule has 0 radical (unpaired) electrons. The highest BCUT2D eigenvalue weighted by Crippen LogP contribution is 2.53. The van der Waals surface area contributed by atoms with Crippen molar-refractivity contribution in [3.8, 4) is 0 Å². The van der Waals surface area contributed by atoms with Gasteiger partial charge in [-0.3, -0.25) is 28.2 Å². The summed E-state index contributed by atoms with van der Waals surface area (Å²) in [7, 11) is -2.67. The summed E-state index contributed by atoms with van der Waals surface area (Å²) in [6, 6.07) is -0.934. The first-order valence-electron chi connectivity index (χ1n) is 9.86. The number of carbonyl (C=O) groups excluding carboxylic acids is 4. The van der Waals surface area contributed by atoms with Crippen molar-refractivity contribution in [1.29, 1.82) is 0 Å². The van der Waals surface area contributed by atoms with Crippen LogP contribution >= 0.6 is 19.5 Å². The molecule has 1 rings (SSSR count). The molecule has 0 bridgehead atoms. The maximum absolute atomic E-state index is 12.8. The third-order valence-electron chi connectivity index (χ3n) is 4.54. The molecule has 1 aliphatic heterocycles. The summed E-state index contributed by atoms with van der Waals surface area (Å²) in [6.45, 7) is 6.48. The molecular weight excluding hydrogens is 433 g/mol. The monoisotopic (exact) mass is 465 g/mol. The maximum atomic E-state index is 12.8. The van der Waals surface area contributed by atoms with Gasteiger partial charge in [0.15, 0.2) is 10.9 Å². The maximum Gasteiger partial charge on any atom is 0.406 e. The second-order valence-electron chi connectivity index (χ2n) is 7.92. The van der Waals surface area contributed by atoms with Gasteiger partial charge in [0.2, 0.25) is 0 Å². The summed E-state index contributed by atoms with van der Waals surface area (Å²) in [6.07, 6.45) is 0.740. The molecule has 3 atom stereocenters. The molecule has 0 aromatic rings. The van der Waals surface area contributed by atoms with E-state index >= 15 is 0 Å². The number of ketones is 2. The fraction of sp³-hybridized carbons (Fsp3) is 0.789. The van der Waals surface area contributed by atoms with Crippen molar-refractivity contribution in [2.45, 2.75) is 71.9 Å². The third-order valence-corrected chi connectivity index (χ3v) is 7.10. The highest BCUT2D eigenvalue weighted by molar-refractivity contribution is 8.13. The lowest BCUT2D eigenvalue weighted by Gasteiger charge is -2.40. The summed E-state index contributed by atoms with van der Waals surface area (Å²) in [5, 5.41) is 2.51. The van der Waals surface area contributed by atoms with Crippen molar-refractivity contribution >= 4 is 42.2 Å². The first-order chi connectivity index (χ1) is 13.9. The summed E-state index contributed by atoms with van der Waals surface area (Å²) in [5.74, 6) is -0.254. The zero-order chi connectivity index (χ0) is 22.9. The molecule has 0 aromatic carbocycles. The lowest BCUT2D eigenvalue weighted by Crippen LogP contribution is -2.47. The molecule has 0 aromatic heterocycles. The smallest absolute Gasteiger partial charge is 0.406 e. The van der Waals surface area contributed by atoms with Crippen molar-refractivity contribution in [1.82, 2.24) is 5.09 Å². The van der Waals surface area contributed by atoms with Gasteiger partial charge in [-0.1, -0.05) is 25.6 Å². The molecule has 1 aliphatic rings. The average Bonchev–Trinajstić information content (AvgIpc) is 2.66. The van der Waals surface area contributed by atoms with Gasteiger partial charge in [-0.2, -0.15) is 0 Å². The van der Waals surface area contributed by atoms with Gasteiger partial charge in [0, 0.05) is 37.4 Å². The van der Waals surface area contributed by atoms with Gasteiger partial charge < -0.3 is 4.74 Å². The molecule has 11 heteroatoms. The summed E-state index contributed by atoms with van der Waals surface area (Å²) in [5.41, 5.74) is -0.713. The minimum atomic E-state index is -3.87. The molecule has 0 amide bonds. The highest BCUT2D eigenvalue weighted by atomic mass is 32.2. The molecule has 1 heterocycles. The van der Waals surface area contributed by atoms with E-state index in [-0.39, 0.29) is 36.1 Å². The van der Waals surface area contributed by atoms with Crippen molar-refractivity contribution in [2.24, 2.45) is 5.41 Å². The average molecular weight is 466 g/mol. The number of ether oxygens (including phenoxy) is 1. The van der Waals surface area contributed by atoms with E-state index < -0.39 is 31.3 Å². The molecule has 1 saturated heterocycles. The van der Waals surface area contributed by atoms with E-state index in [0.29, 0.717) is 25.0 Å². The zero-order valence-corrected chi connectivity index (χ0v) is 19.9. The van der Waals surface area contributed by atoms with E-state index in [9.17, 15) is 23.7 Å². The van der Waals surface area contributed by atoms with Crippen LogP contribution in [-0.2, 0) is 37.5 Å². The van der Waals surface area contributed by atoms with E-state index in [1.165, 1.54) is 32.7 Å². The van der Waals surface area contributed by atoms with E-state index in [1.807, 2.05) is 0 Å². The number of rotatable bonds is 12. The van der Waals surface area contributed by atoms with Crippen LogP contribution in [-0.4, -0.2) is 54.3 Å². The van der Waals surface area contributed by atoms with Crippen molar-refractivity contribution in [3.05, 3.63) is 0 Å². The van der Waals surface area contributed by atoms with E-state index in [1.54, 1.807) is 13.8 Å². The molecular formula is C19H32NO8PS. The van der Waals surface area contributed by atoms with Crippen LogP contribution in [0.25, 0.3) is 0 Å². The Labute approximate surface area is 181 Å². The van der Waals surface area contributed by atoms with Gasteiger partial charge in [0.25, 0.3) is 0 Å². The standard InChI is InChI=1S/C19H32NO8PS/c1-13(18(24)26-5)20-29(25)27-12-19(3,4)17(28-29)16(23)10-6-8-15(22)9-7-11-30-14(2)21/h13,17H,6-12H2,1-5H3,(H,20,25)/t13-,17-,29+/m0/s1. The first kappa shape index (κ1) is 27.0. The Balaban J connectivity index is 2.55. The Morgan fingerprint density at radius 2 is 1.83 bits per heavy atom. The largest absolute Gasteiger partial charge is 0.468 e. The molecule has 9 nitrogen and oxygen atoms in total. The fourth-order valence-electron chi connectivity index (χ4n) is 2.87. The molecule has 172 valence electrons. The number of Topliss-reactive ketones (excluding diaryl/α,β-unsaturated/α-hetero) is 2. The van der Waals surface area contributed by atoms with Crippen molar-refractivity contribution in [3.63, 3.8) is 0 Å². The van der Waals surface area contributed by atoms with Crippen LogP contribution in [0.3, 0.4) is 0 Å². The number of thioether (sulfide) groups is 1. The van der Waals surface area contributed by atoms with Gasteiger partial charge >= 0.3 is 13.7 Å².